The summed E-state index contributed by atoms with van der Waals surface area (Å²) in [6, 6.07) is 9.16. The summed E-state index contributed by atoms with van der Waals surface area (Å²) >= 11 is 0. The van der Waals surface area contributed by atoms with Crippen LogP contribution in [-0.2, 0) is 0 Å². The van der Waals surface area contributed by atoms with Gasteiger partial charge in [-0.1, -0.05) is 51.1 Å². The van der Waals surface area contributed by atoms with Crippen molar-refractivity contribution in [2.24, 2.45) is 10.4 Å². The zero-order valence-corrected chi connectivity index (χ0v) is 19.5. The number of likely N-dealkylation sites (N-methyl/N-ethyl adjacent to an activating group) is 1. The largest absolute Gasteiger partial charge is 0.416 e. The zero-order chi connectivity index (χ0) is 23.6. The molecule has 2 aliphatic rings. The first-order valence-corrected chi connectivity index (χ1v) is 11.1. The van der Waals surface area contributed by atoms with Crippen molar-refractivity contribution in [3.8, 4) is 5.88 Å². The molecule has 1 aromatic heterocycles. The van der Waals surface area contributed by atoms with E-state index in [9.17, 15) is 9.59 Å². The molecule has 9 nitrogen and oxygen atoms in total. The van der Waals surface area contributed by atoms with Crippen molar-refractivity contribution in [3.63, 3.8) is 0 Å². The number of nitrogens with zero attached hydrogens (tertiary/aromatic N) is 4. The van der Waals surface area contributed by atoms with E-state index in [0.29, 0.717) is 24.1 Å². The molecule has 2 aromatic rings. The van der Waals surface area contributed by atoms with Crippen molar-refractivity contribution in [1.29, 1.82) is 0 Å². The SMILES string of the molecule is CN1CCN(C(=O)Oc2n/c(=C\c3ccccc3)c(=O)[nH]/c2=C2\NC=NC2C(C)(C)C)CC1. The van der Waals surface area contributed by atoms with Crippen molar-refractivity contribution in [1.82, 2.24) is 25.1 Å². The normalized spacial score (nSPS) is 21.3. The van der Waals surface area contributed by atoms with Gasteiger partial charge in [0, 0.05) is 26.2 Å². The van der Waals surface area contributed by atoms with Crippen LogP contribution in [0.2, 0.25) is 0 Å². The molecule has 4 rings (SSSR count). The summed E-state index contributed by atoms with van der Waals surface area (Å²) in [6.45, 7) is 8.85. The van der Waals surface area contributed by atoms with Crippen LogP contribution in [0.3, 0.4) is 0 Å². The number of amides is 1. The molecule has 174 valence electrons. The number of aliphatic imine (C=N–C) groups is 1. The molecule has 9 heteroatoms. The molecule has 0 saturated carbocycles. The van der Waals surface area contributed by atoms with Crippen LogP contribution in [0.1, 0.15) is 26.3 Å². The van der Waals surface area contributed by atoms with Crippen molar-refractivity contribution in [3.05, 3.63) is 56.9 Å². The number of rotatable bonds is 2. The second kappa shape index (κ2) is 9.19. The fourth-order valence-electron chi connectivity index (χ4n) is 3.85. The number of benzene rings is 1. The Bertz CT molecular complexity index is 1220. The van der Waals surface area contributed by atoms with E-state index in [1.165, 1.54) is 0 Å². The first-order chi connectivity index (χ1) is 15.7. The average Bonchev–Trinajstić information content (AvgIpc) is 3.27. The van der Waals surface area contributed by atoms with E-state index in [0.717, 1.165) is 18.7 Å². The lowest BCUT2D eigenvalue weighted by Gasteiger charge is -2.31. The van der Waals surface area contributed by atoms with Gasteiger partial charge in [-0.25, -0.2) is 9.78 Å². The first kappa shape index (κ1) is 22.7. The number of nitrogens with one attached hydrogen (secondary N) is 2. The van der Waals surface area contributed by atoms with Gasteiger partial charge in [-0.2, -0.15) is 0 Å². The topological polar surface area (TPSA) is 103 Å². The van der Waals surface area contributed by atoms with Gasteiger partial charge < -0.3 is 24.8 Å². The van der Waals surface area contributed by atoms with Crippen molar-refractivity contribution in [2.75, 3.05) is 33.2 Å². The number of aromatic nitrogens is 2. The number of piperazine rings is 1. The molecule has 0 spiro atoms. The highest BCUT2D eigenvalue weighted by Crippen LogP contribution is 2.29. The molecule has 1 amide bonds. The van der Waals surface area contributed by atoms with E-state index in [-0.39, 0.29) is 28.2 Å². The Hall–Kier alpha value is -3.46. The van der Waals surface area contributed by atoms with Gasteiger partial charge in [-0.3, -0.25) is 9.79 Å². The van der Waals surface area contributed by atoms with E-state index in [4.69, 9.17) is 4.74 Å². The summed E-state index contributed by atoms with van der Waals surface area (Å²) in [5.74, 6) is 0.0583. The zero-order valence-electron chi connectivity index (χ0n) is 19.5. The molecule has 2 N–H and O–H groups in total. The first-order valence-electron chi connectivity index (χ1n) is 11.1. The Kier molecular flexibility index (Phi) is 6.33. The maximum absolute atomic E-state index is 13.0. The van der Waals surface area contributed by atoms with Gasteiger partial charge in [0.25, 0.3) is 11.4 Å². The third kappa shape index (κ3) is 5.14. The lowest BCUT2D eigenvalue weighted by atomic mass is 9.85. The molecule has 0 bridgehead atoms. The van der Waals surface area contributed by atoms with Crippen LogP contribution in [0.25, 0.3) is 11.8 Å². The molecule has 1 fully saturated rings. The highest BCUT2D eigenvalue weighted by Gasteiger charge is 2.32. The highest BCUT2D eigenvalue weighted by molar-refractivity contribution is 5.76. The lowest BCUT2D eigenvalue weighted by molar-refractivity contribution is 0.118. The molecule has 1 atom stereocenters. The van der Waals surface area contributed by atoms with Gasteiger partial charge in [0.1, 0.15) is 10.7 Å². The second-order valence-corrected chi connectivity index (χ2v) is 9.45. The fraction of sp³-hybridized carbons (Fsp3) is 0.417. The monoisotopic (exact) mass is 450 g/mol. The Morgan fingerprint density at radius 2 is 1.85 bits per heavy atom. The van der Waals surface area contributed by atoms with E-state index >= 15 is 0 Å². The molecule has 1 unspecified atom stereocenters. The molecular weight excluding hydrogens is 420 g/mol. The van der Waals surface area contributed by atoms with Gasteiger partial charge in [-0.05, 0) is 24.1 Å². The molecule has 1 aromatic carbocycles. The van der Waals surface area contributed by atoms with E-state index in [1.807, 2.05) is 37.4 Å². The molecular formula is C24H30N6O3. The van der Waals surface area contributed by atoms with Crippen molar-refractivity contribution >= 4 is 24.2 Å². The van der Waals surface area contributed by atoms with Crippen LogP contribution in [0.5, 0.6) is 5.88 Å². The number of hydrogen-bond donors (Lipinski definition) is 2. The van der Waals surface area contributed by atoms with Gasteiger partial charge in [-0.15, -0.1) is 0 Å². The lowest BCUT2D eigenvalue weighted by Crippen LogP contribution is -2.49. The number of hydrogen-bond acceptors (Lipinski definition) is 7. The summed E-state index contributed by atoms with van der Waals surface area (Å²) in [6.07, 6.45) is 2.78. The minimum Gasteiger partial charge on any atom is -0.389 e. The number of ether oxygens (including phenoxy) is 1. The van der Waals surface area contributed by atoms with E-state index in [2.05, 4.69) is 45.9 Å². The van der Waals surface area contributed by atoms with Crippen LogP contribution in [0.15, 0.2) is 40.1 Å². The highest BCUT2D eigenvalue weighted by atomic mass is 16.6. The molecule has 1 saturated heterocycles. The second-order valence-electron chi connectivity index (χ2n) is 9.45. The minimum absolute atomic E-state index is 0.0583. The summed E-state index contributed by atoms with van der Waals surface area (Å²) < 4.78 is 5.78. The van der Waals surface area contributed by atoms with Gasteiger partial charge in [0.2, 0.25) is 0 Å². The maximum Gasteiger partial charge on any atom is 0.416 e. The van der Waals surface area contributed by atoms with Gasteiger partial charge in [0.05, 0.1) is 18.1 Å². The Labute approximate surface area is 192 Å². The van der Waals surface area contributed by atoms with Crippen LogP contribution < -0.4 is 26.3 Å². The maximum atomic E-state index is 13.0. The summed E-state index contributed by atoms with van der Waals surface area (Å²) in [4.78, 5) is 41.6. The van der Waals surface area contributed by atoms with Gasteiger partial charge in [0.15, 0.2) is 0 Å². The molecule has 2 aliphatic heterocycles. The van der Waals surface area contributed by atoms with Crippen molar-refractivity contribution < 1.29 is 9.53 Å². The van der Waals surface area contributed by atoms with Crippen LogP contribution in [0.4, 0.5) is 4.79 Å². The number of carbonyl (C=O) groups is 1. The molecule has 0 radical (unpaired) electrons. The predicted octanol–water partition coefficient (Wildman–Crippen LogP) is 0.499. The summed E-state index contributed by atoms with van der Waals surface area (Å²) in [7, 11) is 2.02. The summed E-state index contributed by atoms with van der Waals surface area (Å²) in [5.41, 5.74) is 0.878. The smallest absolute Gasteiger partial charge is 0.389 e. The van der Waals surface area contributed by atoms with Crippen LogP contribution >= 0.6 is 0 Å². The Balaban J connectivity index is 1.82. The minimum atomic E-state index is -0.485. The molecule has 3 heterocycles. The Morgan fingerprint density at radius 1 is 1.15 bits per heavy atom. The fourth-order valence-corrected chi connectivity index (χ4v) is 3.85. The Morgan fingerprint density at radius 3 is 2.52 bits per heavy atom. The molecule has 0 aliphatic carbocycles. The predicted molar refractivity (Wildman–Crippen MR) is 127 cm³/mol. The van der Waals surface area contributed by atoms with E-state index < -0.39 is 6.09 Å². The third-order valence-corrected chi connectivity index (χ3v) is 5.76. The standard InChI is InChI=1S/C24H30N6O3/c1-24(2,3)20-18(25-15-26-20)19-22(33-23(32)30-12-10-29(4)11-13-30)27-17(21(31)28-19)14-16-8-6-5-7-9-16/h5-9,14-15,20H,10-13H2,1-4H3,(H,25,26)(H,28,31)/b17-14-,19-18-. The quantitative estimate of drug-likeness (QED) is 0.691. The third-order valence-electron chi connectivity index (χ3n) is 5.76. The molecule has 33 heavy (non-hydrogen) atoms. The number of aromatic amines is 1. The van der Waals surface area contributed by atoms with Crippen LogP contribution in [0, 0.1) is 5.41 Å². The number of H-pyrrole nitrogens is 1. The van der Waals surface area contributed by atoms with Gasteiger partial charge >= 0.3 is 6.09 Å². The number of carbonyl (C=O) groups excluding carboxylic acids is 1. The van der Waals surface area contributed by atoms with Crippen LogP contribution in [-0.4, -0.2) is 71.5 Å². The van der Waals surface area contributed by atoms with E-state index in [1.54, 1.807) is 17.3 Å². The average molecular weight is 451 g/mol. The van der Waals surface area contributed by atoms with Crippen molar-refractivity contribution in [2.45, 2.75) is 26.8 Å². The summed E-state index contributed by atoms with van der Waals surface area (Å²) in [5, 5.41) is 3.62.